The standard InChI is InChI=1S/C11H11NO3S.Na/c1-6-2-3-9(13)7(4-6)10-12-8(5-16-10)11(14)15;/h2-4,8,13H,5H2,1H3,(H,14,15);. The molecular weight excluding hydrogens is 249 g/mol. The number of aromatic hydroxyl groups is 1. The molecule has 17 heavy (non-hydrogen) atoms. The zero-order valence-electron chi connectivity index (χ0n) is 9.67. The van der Waals surface area contributed by atoms with E-state index >= 15 is 0 Å². The third-order valence-corrected chi connectivity index (χ3v) is 3.40. The summed E-state index contributed by atoms with van der Waals surface area (Å²) in [5.74, 6) is -0.351. The zero-order chi connectivity index (χ0) is 11.7. The Hall–Kier alpha value is -0.490. The molecule has 1 aliphatic heterocycles. The minimum atomic E-state index is -0.922. The van der Waals surface area contributed by atoms with Crippen LogP contribution < -0.4 is 0 Å². The van der Waals surface area contributed by atoms with Crippen LogP contribution in [0.5, 0.6) is 5.75 Å². The summed E-state index contributed by atoms with van der Waals surface area (Å²) >= 11 is 1.36. The van der Waals surface area contributed by atoms with E-state index in [1.165, 1.54) is 11.8 Å². The van der Waals surface area contributed by atoms with E-state index < -0.39 is 12.0 Å². The number of carboxylic acid groups (broad SMARTS) is 1. The molecule has 0 aliphatic carbocycles. The fourth-order valence-electron chi connectivity index (χ4n) is 1.47. The summed E-state index contributed by atoms with van der Waals surface area (Å²) in [5.41, 5.74) is 1.63. The van der Waals surface area contributed by atoms with Crippen molar-refractivity contribution in [1.82, 2.24) is 0 Å². The minimum Gasteiger partial charge on any atom is -0.507 e. The zero-order valence-corrected chi connectivity index (χ0v) is 12.5. The van der Waals surface area contributed by atoms with Crippen LogP contribution in [0.25, 0.3) is 0 Å². The van der Waals surface area contributed by atoms with Gasteiger partial charge in [-0.05, 0) is 19.1 Å². The van der Waals surface area contributed by atoms with Gasteiger partial charge in [0, 0.05) is 40.9 Å². The molecule has 6 heteroatoms. The summed E-state index contributed by atoms with van der Waals surface area (Å²) in [6.07, 6.45) is 0. The van der Waals surface area contributed by atoms with E-state index in [9.17, 15) is 9.90 Å². The van der Waals surface area contributed by atoms with E-state index in [2.05, 4.69) is 4.99 Å². The van der Waals surface area contributed by atoms with Gasteiger partial charge in [-0.3, -0.25) is 4.99 Å². The Balaban J connectivity index is 0.00000144. The number of hydrogen-bond donors (Lipinski definition) is 2. The van der Waals surface area contributed by atoms with Crippen LogP contribution in [-0.2, 0) is 4.79 Å². The maximum absolute atomic E-state index is 10.7. The summed E-state index contributed by atoms with van der Waals surface area (Å²) < 4.78 is 0. The number of aliphatic carboxylic acids is 1. The molecule has 0 aromatic heterocycles. The molecule has 0 fully saturated rings. The molecule has 0 saturated carbocycles. The molecule has 1 aromatic rings. The Kier molecular flexibility index (Phi) is 5.06. The first kappa shape index (κ1) is 14.6. The van der Waals surface area contributed by atoms with Crippen LogP contribution in [0.15, 0.2) is 23.2 Å². The number of phenols is 1. The van der Waals surface area contributed by atoms with Crippen molar-refractivity contribution in [2.75, 3.05) is 5.75 Å². The summed E-state index contributed by atoms with van der Waals surface area (Å²) in [6, 6.07) is 4.51. The maximum atomic E-state index is 10.7. The molecule has 1 radical (unpaired) electrons. The number of carboxylic acids is 1. The Bertz CT molecular complexity index is 476. The molecule has 1 unspecified atom stereocenters. The van der Waals surface area contributed by atoms with Gasteiger partial charge in [0.1, 0.15) is 10.8 Å². The van der Waals surface area contributed by atoms with Crippen LogP contribution in [0, 0.1) is 6.92 Å². The number of rotatable bonds is 2. The molecule has 0 spiro atoms. The van der Waals surface area contributed by atoms with Crippen molar-refractivity contribution in [1.29, 1.82) is 0 Å². The van der Waals surface area contributed by atoms with Gasteiger partial charge in [-0.2, -0.15) is 0 Å². The Morgan fingerprint density at radius 3 is 2.82 bits per heavy atom. The quantitative estimate of drug-likeness (QED) is 0.786. The Labute approximate surface area is 125 Å². The predicted molar refractivity (Wildman–Crippen MR) is 69.0 cm³/mol. The van der Waals surface area contributed by atoms with Crippen LogP contribution >= 0.6 is 11.8 Å². The average Bonchev–Trinajstić information content (AvgIpc) is 2.70. The van der Waals surface area contributed by atoms with Crippen LogP contribution in [-0.4, -0.2) is 62.6 Å². The van der Waals surface area contributed by atoms with E-state index in [1.54, 1.807) is 12.1 Å². The first-order valence-corrected chi connectivity index (χ1v) is 5.80. The van der Waals surface area contributed by atoms with Crippen molar-refractivity contribution in [2.24, 2.45) is 4.99 Å². The molecule has 1 atom stereocenters. The first-order chi connectivity index (χ1) is 7.58. The largest absolute Gasteiger partial charge is 0.507 e. The number of aliphatic imine (C=N–C) groups is 1. The summed E-state index contributed by atoms with van der Waals surface area (Å²) in [5, 5.41) is 19.1. The number of nitrogens with zero attached hydrogens (tertiary/aromatic N) is 1. The third-order valence-electron chi connectivity index (χ3n) is 2.32. The molecule has 1 aliphatic rings. The molecule has 2 rings (SSSR count). The molecule has 0 bridgehead atoms. The fraction of sp³-hybridized carbons (Fsp3) is 0.273. The van der Waals surface area contributed by atoms with Crippen LogP contribution in [0.1, 0.15) is 11.1 Å². The van der Waals surface area contributed by atoms with Crippen molar-refractivity contribution in [2.45, 2.75) is 13.0 Å². The average molecular weight is 260 g/mol. The number of phenolic OH excluding ortho intramolecular Hbond substituents is 1. The molecule has 1 heterocycles. The normalized spacial score (nSPS) is 18.4. The van der Waals surface area contributed by atoms with Gasteiger partial charge in [0.25, 0.3) is 0 Å². The van der Waals surface area contributed by atoms with Gasteiger partial charge in [-0.1, -0.05) is 11.6 Å². The predicted octanol–water partition coefficient (Wildman–Crippen LogP) is 1.27. The topological polar surface area (TPSA) is 69.9 Å². The van der Waals surface area contributed by atoms with Gasteiger partial charge in [-0.25, -0.2) is 4.79 Å². The SMILES string of the molecule is Cc1ccc(O)c(C2=NC(C(=O)O)CS2)c1.[Na]. The van der Waals surface area contributed by atoms with Crippen molar-refractivity contribution in [3.63, 3.8) is 0 Å². The number of aryl methyl sites for hydroxylation is 1. The first-order valence-electron chi connectivity index (χ1n) is 4.81. The summed E-state index contributed by atoms with van der Waals surface area (Å²) in [6.45, 7) is 1.91. The van der Waals surface area contributed by atoms with Gasteiger partial charge in [-0.15, -0.1) is 11.8 Å². The number of carbonyl (C=O) groups is 1. The number of hydrogen-bond acceptors (Lipinski definition) is 4. The Morgan fingerprint density at radius 1 is 1.53 bits per heavy atom. The van der Waals surface area contributed by atoms with Gasteiger partial charge in [0.2, 0.25) is 0 Å². The van der Waals surface area contributed by atoms with Gasteiger partial charge in [0.05, 0.1) is 0 Å². The van der Waals surface area contributed by atoms with Gasteiger partial charge in [0.15, 0.2) is 6.04 Å². The maximum Gasteiger partial charge on any atom is 0.329 e. The smallest absolute Gasteiger partial charge is 0.329 e. The molecule has 1 aromatic carbocycles. The molecule has 85 valence electrons. The van der Waals surface area contributed by atoms with E-state index in [0.717, 1.165) is 5.56 Å². The Morgan fingerprint density at radius 2 is 2.24 bits per heavy atom. The molecule has 0 amide bonds. The monoisotopic (exact) mass is 260 g/mol. The van der Waals surface area contributed by atoms with E-state index in [4.69, 9.17) is 5.11 Å². The van der Waals surface area contributed by atoms with Gasteiger partial charge >= 0.3 is 5.97 Å². The second-order valence-electron chi connectivity index (χ2n) is 3.62. The van der Waals surface area contributed by atoms with Crippen molar-refractivity contribution in [3.8, 4) is 5.75 Å². The third kappa shape index (κ3) is 3.25. The summed E-state index contributed by atoms with van der Waals surface area (Å²) in [4.78, 5) is 14.8. The van der Waals surface area contributed by atoms with Crippen LogP contribution in [0.4, 0.5) is 0 Å². The van der Waals surface area contributed by atoms with Gasteiger partial charge < -0.3 is 10.2 Å². The molecule has 0 saturated heterocycles. The molecule has 4 nitrogen and oxygen atoms in total. The van der Waals surface area contributed by atoms with Crippen LogP contribution in [0.2, 0.25) is 0 Å². The number of thioether (sulfide) groups is 1. The minimum absolute atomic E-state index is 0. The van der Waals surface area contributed by atoms with Crippen molar-refractivity contribution >= 4 is 52.3 Å². The van der Waals surface area contributed by atoms with E-state index in [1.807, 2.05) is 13.0 Å². The van der Waals surface area contributed by atoms with Crippen molar-refractivity contribution < 1.29 is 15.0 Å². The molecule has 2 N–H and O–H groups in total. The van der Waals surface area contributed by atoms with Crippen LogP contribution in [0.3, 0.4) is 0 Å². The van der Waals surface area contributed by atoms with E-state index in [0.29, 0.717) is 16.4 Å². The van der Waals surface area contributed by atoms with Crippen molar-refractivity contribution in [3.05, 3.63) is 29.3 Å². The summed E-state index contributed by atoms with van der Waals surface area (Å²) in [7, 11) is 0. The second kappa shape index (κ2) is 5.91. The van der Waals surface area contributed by atoms with E-state index in [-0.39, 0.29) is 35.3 Å². The number of benzene rings is 1. The molecular formula is C11H11NNaO3S. The fourth-order valence-corrected chi connectivity index (χ4v) is 2.52. The second-order valence-corrected chi connectivity index (χ2v) is 4.63.